The Kier molecular flexibility index (Phi) is 6.39. The summed E-state index contributed by atoms with van der Waals surface area (Å²) < 4.78 is 37.5. The lowest BCUT2D eigenvalue weighted by molar-refractivity contribution is -0.137. The van der Waals surface area contributed by atoms with Gasteiger partial charge in [0.05, 0.1) is 22.7 Å². The van der Waals surface area contributed by atoms with E-state index in [0.717, 1.165) is 24.3 Å². The fourth-order valence-electron chi connectivity index (χ4n) is 1.51. The minimum absolute atomic E-state index is 0.0925. The molecule has 1 aromatic rings. The Morgan fingerprint density at radius 3 is 2.62 bits per heavy atom. The SMILES string of the molecule is CCC(C)CSCC(=O)Nc1ccc(C(F)(F)F)cc1N. The molecule has 0 saturated heterocycles. The molecule has 0 aliphatic carbocycles. The molecule has 3 N–H and O–H groups in total. The zero-order chi connectivity index (χ0) is 16.0. The van der Waals surface area contributed by atoms with Gasteiger partial charge in [-0.3, -0.25) is 4.79 Å². The van der Waals surface area contributed by atoms with Crippen LogP contribution in [0.5, 0.6) is 0 Å². The van der Waals surface area contributed by atoms with E-state index in [9.17, 15) is 18.0 Å². The van der Waals surface area contributed by atoms with Crippen LogP contribution >= 0.6 is 11.8 Å². The minimum Gasteiger partial charge on any atom is -0.397 e. The molecule has 0 radical (unpaired) electrons. The fraction of sp³-hybridized carbons (Fsp3) is 0.500. The highest BCUT2D eigenvalue weighted by atomic mass is 32.2. The van der Waals surface area contributed by atoms with Gasteiger partial charge in [-0.05, 0) is 29.9 Å². The molecule has 118 valence electrons. The monoisotopic (exact) mass is 320 g/mol. The number of nitrogen functional groups attached to an aromatic ring is 1. The summed E-state index contributed by atoms with van der Waals surface area (Å²) in [6, 6.07) is 2.90. The zero-order valence-corrected chi connectivity index (χ0v) is 12.8. The van der Waals surface area contributed by atoms with Crippen molar-refractivity contribution in [2.75, 3.05) is 22.6 Å². The number of hydrogen-bond donors (Lipinski definition) is 2. The van der Waals surface area contributed by atoms with E-state index in [1.807, 2.05) is 0 Å². The number of benzene rings is 1. The Balaban J connectivity index is 2.57. The number of rotatable bonds is 6. The first-order chi connectivity index (χ1) is 9.74. The van der Waals surface area contributed by atoms with E-state index >= 15 is 0 Å². The molecule has 0 fully saturated rings. The number of anilines is 2. The van der Waals surface area contributed by atoms with Gasteiger partial charge >= 0.3 is 6.18 Å². The molecule has 21 heavy (non-hydrogen) atoms. The Morgan fingerprint density at radius 2 is 2.10 bits per heavy atom. The van der Waals surface area contributed by atoms with Crippen LogP contribution in [0, 0.1) is 5.92 Å². The molecule has 1 amide bonds. The molecule has 1 atom stereocenters. The summed E-state index contributed by atoms with van der Waals surface area (Å²) in [5.41, 5.74) is 4.83. The van der Waals surface area contributed by atoms with Gasteiger partial charge in [0.15, 0.2) is 0 Å². The number of alkyl halides is 3. The highest BCUT2D eigenvalue weighted by molar-refractivity contribution is 7.99. The quantitative estimate of drug-likeness (QED) is 0.779. The number of amides is 1. The minimum atomic E-state index is -4.44. The number of nitrogens with one attached hydrogen (secondary N) is 1. The number of carbonyl (C=O) groups excluding carboxylic acids is 1. The molecule has 1 aromatic carbocycles. The maximum Gasteiger partial charge on any atom is 0.416 e. The van der Waals surface area contributed by atoms with Crippen molar-refractivity contribution in [2.24, 2.45) is 5.92 Å². The number of carbonyl (C=O) groups is 1. The van der Waals surface area contributed by atoms with Gasteiger partial charge < -0.3 is 11.1 Å². The zero-order valence-electron chi connectivity index (χ0n) is 12.0. The van der Waals surface area contributed by atoms with Gasteiger partial charge in [0.2, 0.25) is 5.91 Å². The lowest BCUT2D eigenvalue weighted by atomic mass is 10.1. The van der Waals surface area contributed by atoms with Gasteiger partial charge in [0.25, 0.3) is 0 Å². The molecule has 0 heterocycles. The predicted molar refractivity (Wildman–Crippen MR) is 81.3 cm³/mol. The average molecular weight is 320 g/mol. The number of halogens is 3. The third-order valence-electron chi connectivity index (χ3n) is 2.99. The normalized spacial score (nSPS) is 13.0. The van der Waals surface area contributed by atoms with Gasteiger partial charge in [-0.25, -0.2) is 0 Å². The maximum atomic E-state index is 12.5. The van der Waals surface area contributed by atoms with Gasteiger partial charge in [0, 0.05) is 0 Å². The van der Waals surface area contributed by atoms with Crippen molar-refractivity contribution in [3.8, 4) is 0 Å². The first-order valence-electron chi connectivity index (χ1n) is 6.58. The molecule has 3 nitrogen and oxygen atoms in total. The second kappa shape index (κ2) is 7.59. The molecular weight excluding hydrogens is 301 g/mol. The van der Waals surface area contributed by atoms with Gasteiger partial charge in [0.1, 0.15) is 0 Å². The van der Waals surface area contributed by atoms with Crippen molar-refractivity contribution in [3.63, 3.8) is 0 Å². The summed E-state index contributed by atoms with van der Waals surface area (Å²) >= 11 is 1.49. The van der Waals surface area contributed by atoms with Gasteiger partial charge in [-0.1, -0.05) is 20.3 Å². The van der Waals surface area contributed by atoms with Crippen LogP contribution in [-0.2, 0) is 11.0 Å². The van der Waals surface area contributed by atoms with E-state index in [-0.39, 0.29) is 23.0 Å². The van der Waals surface area contributed by atoms with Gasteiger partial charge in [-0.2, -0.15) is 24.9 Å². The Morgan fingerprint density at radius 1 is 1.43 bits per heavy atom. The highest BCUT2D eigenvalue weighted by Crippen LogP contribution is 2.32. The third-order valence-corrected chi connectivity index (χ3v) is 4.26. The summed E-state index contributed by atoms with van der Waals surface area (Å²) in [5, 5.41) is 2.53. The summed E-state index contributed by atoms with van der Waals surface area (Å²) in [4.78, 5) is 11.7. The van der Waals surface area contributed by atoms with Crippen molar-refractivity contribution in [3.05, 3.63) is 23.8 Å². The first-order valence-corrected chi connectivity index (χ1v) is 7.73. The molecular formula is C14H19F3N2OS. The van der Waals surface area contributed by atoms with E-state index in [2.05, 4.69) is 19.2 Å². The number of nitrogens with two attached hydrogens (primary N) is 1. The van der Waals surface area contributed by atoms with Crippen LogP contribution in [0.15, 0.2) is 18.2 Å². The van der Waals surface area contributed by atoms with Crippen molar-refractivity contribution in [1.82, 2.24) is 0 Å². The molecule has 0 saturated carbocycles. The van der Waals surface area contributed by atoms with Crippen LogP contribution in [0.2, 0.25) is 0 Å². The lowest BCUT2D eigenvalue weighted by Crippen LogP contribution is -2.16. The summed E-state index contributed by atoms with van der Waals surface area (Å²) in [6.07, 6.45) is -3.40. The Hall–Kier alpha value is -1.37. The highest BCUT2D eigenvalue weighted by Gasteiger charge is 2.30. The average Bonchev–Trinajstić information content (AvgIpc) is 2.39. The topological polar surface area (TPSA) is 55.1 Å². The first kappa shape index (κ1) is 17.7. The third kappa shape index (κ3) is 5.87. The molecule has 0 spiro atoms. The number of hydrogen-bond acceptors (Lipinski definition) is 3. The van der Waals surface area contributed by atoms with Gasteiger partial charge in [-0.15, -0.1) is 0 Å². The second-order valence-electron chi connectivity index (χ2n) is 4.88. The molecule has 7 heteroatoms. The molecule has 0 bridgehead atoms. The van der Waals surface area contributed by atoms with Crippen LogP contribution < -0.4 is 11.1 Å². The Labute approximate surface area is 126 Å². The van der Waals surface area contributed by atoms with E-state index in [1.54, 1.807) is 0 Å². The lowest BCUT2D eigenvalue weighted by Gasteiger charge is -2.12. The molecule has 0 aromatic heterocycles. The molecule has 0 aliphatic rings. The van der Waals surface area contributed by atoms with E-state index in [0.29, 0.717) is 5.92 Å². The van der Waals surface area contributed by atoms with Crippen molar-refractivity contribution in [1.29, 1.82) is 0 Å². The van der Waals surface area contributed by atoms with E-state index < -0.39 is 11.7 Å². The second-order valence-corrected chi connectivity index (χ2v) is 5.91. The van der Waals surface area contributed by atoms with Crippen LogP contribution in [0.1, 0.15) is 25.8 Å². The number of thioether (sulfide) groups is 1. The van der Waals surface area contributed by atoms with Crippen LogP contribution in [-0.4, -0.2) is 17.4 Å². The summed E-state index contributed by atoms with van der Waals surface area (Å²) in [7, 11) is 0. The molecule has 1 rings (SSSR count). The van der Waals surface area contributed by atoms with E-state index in [1.165, 1.54) is 17.8 Å². The predicted octanol–water partition coefficient (Wildman–Crippen LogP) is 4.01. The Bertz CT molecular complexity index is 492. The maximum absolute atomic E-state index is 12.5. The molecule has 1 unspecified atom stereocenters. The van der Waals surface area contributed by atoms with Crippen LogP contribution in [0.25, 0.3) is 0 Å². The molecule has 0 aliphatic heterocycles. The van der Waals surface area contributed by atoms with Crippen LogP contribution in [0.3, 0.4) is 0 Å². The van der Waals surface area contributed by atoms with Crippen molar-refractivity contribution >= 4 is 29.0 Å². The van der Waals surface area contributed by atoms with Crippen LogP contribution in [0.4, 0.5) is 24.5 Å². The fourth-order valence-corrected chi connectivity index (χ4v) is 2.52. The van der Waals surface area contributed by atoms with Crippen molar-refractivity contribution < 1.29 is 18.0 Å². The summed E-state index contributed by atoms with van der Waals surface area (Å²) in [6.45, 7) is 4.17. The standard InChI is InChI=1S/C14H19F3N2OS/c1-3-9(2)7-21-8-13(20)19-12-5-4-10(6-11(12)18)14(15,16)17/h4-6,9H,3,7-8,18H2,1-2H3,(H,19,20). The largest absolute Gasteiger partial charge is 0.416 e. The van der Waals surface area contributed by atoms with Crippen molar-refractivity contribution in [2.45, 2.75) is 26.4 Å². The summed E-state index contributed by atoms with van der Waals surface area (Å²) in [5.74, 6) is 1.38. The van der Waals surface area contributed by atoms with E-state index in [4.69, 9.17) is 5.73 Å². The smallest absolute Gasteiger partial charge is 0.397 e.